The fourth-order valence-corrected chi connectivity index (χ4v) is 3.99. The highest BCUT2D eigenvalue weighted by Gasteiger charge is 2.22. The number of rotatable bonds is 6. The number of amides is 1. The summed E-state index contributed by atoms with van der Waals surface area (Å²) in [6, 6.07) is 15.6. The number of anilines is 2. The predicted octanol–water partition coefficient (Wildman–Crippen LogP) is 5.30. The van der Waals surface area contributed by atoms with Crippen molar-refractivity contribution in [1.82, 2.24) is 14.9 Å². The summed E-state index contributed by atoms with van der Waals surface area (Å²) in [5.41, 5.74) is 3.50. The second-order valence-corrected chi connectivity index (χ2v) is 7.93. The van der Waals surface area contributed by atoms with Gasteiger partial charge in [0.2, 0.25) is 5.95 Å². The maximum atomic E-state index is 12.8. The molecule has 0 radical (unpaired) electrons. The van der Waals surface area contributed by atoms with Crippen LogP contribution < -0.4 is 10.1 Å². The Hall–Kier alpha value is -3.41. The van der Waals surface area contributed by atoms with Gasteiger partial charge in [0.15, 0.2) is 0 Å². The molecule has 4 rings (SSSR count). The van der Waals surface area contributed by atoms with Crippen LogP contribution in [0.2, 0.25) is 0 Å². The number of nitrogens with zero attached hydrogens (tertiary/aromatic N) is 3. The molecule has 1 fully saturated rings. The van der Waals surface area contributed by atoms with E-state index >= 15 is 0 Å². The molecule has 1 aliphatic rings. The van der Waals surface area contributed by atoms with Gasteiger partial charge in [-0.25, -0.2) is 9.97 Å². The van der Waals surface area contributed by atoms with Crippen LogP contribution in [0.1, 0.15) is 42.5 Å². The summed E-state index contributed by atoms with van der Waals surface area (Å²) < 4.78 is 5.19. The summed E-state index contributed by atoms with van der Waals surface area (Å²) in [7, 11) is 3.57. The van der Waals surface area contributed by atoms with Gasteiger partial charge >= 0.3 is 0 Å². The van der Waals surface area contributed by atoms with Crippen molar-refractivity contribution in [3.8, 4) is 16.9 Å². The van der Waals surface area contributed by atoms with Gasteiger partial charge in [0.25, 0.3) is 5.91 Å². The summed E-state index contributed by atoms with van der Waals surface area (Å²) >= 11 is 0. The first-order chi connectivity index (χ1) is 15.1. The topological polar surface area (TPSA) is 67.3 Å². The van der Waals surface area contributed by atoms with E-state index in [2.05, 4.69) is 15.3 Å². The monoisotopic (exact) mass is 416 g/mol. The van der Waals surface area contributed by atoms with Crippen molar-refractivity contribution in [1.29, 1.82) is 0 Å². The van der Waals surface area contributed by atoms with Crippen molar-refractivity contribution in [3.05, 3.63) is 66.5 Å². The zero-order valence-electron chi connectivity index (χ0n) is 18.0. The Morgan fingerprint density at radius 3 is 2.19 bits per heavy atom. The van der Waals surface area contributed by atoms with Crippen LogP contribution in [0.5, 0.6) is 5.75 Å². The van der Waals surface area contributed by atoms with Crippen LogP contribution >= 0.6 is 0 Å². The molecule has 1 aliphatic carbocycles. The molecule has 0 atom stereocenters. The Kier molecular flexibility index (Phi) is 6.46. The molecule has 0 bridgehead atoms. The van der Waals surface area contributed by atoms with Gasteiger partial charge in [0.1, 0.15) is 5.75 Å². The van der Waals surface area contributed by atoms with Gasteiger partial charge in [0.05, 0.1) is 7.11 Å². The normalized spacial score (nSPS) is 14.1. The fraction of sp³-hybridized carbons (Fsp3) is 0.320. The van der Waals surface area contributed by atoms with E-state index in [1.165, 1.54) is 19.3 Å². The van der Waals surface area contributed by atoms with E-state index in [0.717, 1.165) is 35.4 Å². The molecule has 0 aliphatic heterocycles. The van der Waals surface area contributed by atoms with Crippen molar-refractivity contribution in [2.75, 3.05) is 19.5 Å². The van der Waals surface area contributed by atoms with Crippen LogP contribution in [0.4, 0.5) is 11.6 Å². The fourth-order valence-electron chi connectivity index (χ4n) is 3.99. The second-order valence-electron chi connectivity index (χ2n) is 7.93. The van der Waals surface area contributed by atoms with E-state index in [-0.39, 0.29) is 5.91 Å². The van der Waals surface area contributed by atoms with Crippen molar-refractivity contribution in [2.45, 2.75) is 38.1 Å². The van der Waals surface area contributed by atoms with Crippen LogP contribution in [0, 0.1) is 0 Å². The summed E-state index contributed by atoms with van der Waals surface area (Å²) in [5.74, 6) is 1.41. The van der Waals surface area contributed by atoms with Gasteiger partial charge < -0.3 is 15.0 Å². The molecule has 6 nitrogen and oxygen atoms in total. The van der Waals surface area contributed by atoms with Gasteiger partial charge in [0, 0.05) is 42.3 Å². The summed E-state index contributed by atoms with van der Waals surface area (Å²) in [6.45, 7) is 0. The molecule has 1 aromatic heterocycles. The Morgan fingerprint density at radius 2 is 1.58 bits per heavy atom. The van der Waals surface area contributed by atoms with E-state index in [4.69, 9.17) is 4.74 Å². The van der Waals surface area contributed by atoms with Crippen molar-refractivity contribution >= 4 is 17.5 Å². The largest absolute Gasteiger partial charge is 0.497 e. The van der Waals surface area contributed by atoms with E-state index in [9.17, 15) is 4.79 Å². The second kappa shape index (κ2) is 9.60. The van der Waals surface area contributed by atoms with Gasteiger partial charge in [-0.2, -0.15) is 0 Å². The first-order valence-electron chi connectivity index (χ1n) is 10.7. The average Bonchev–Trinajstić information content (AvgIpc) is 2.85. The first kappa shape index (κ1) is 20.8. The van der Waals surface area contributed by atoms with E-state index in [0.29, 0.717) is 17.6 Å². The Balaban J connectivity index is 1.38. The highest BCUT2D eigenvalue weighted by molar-refractivity contribution is 5.94. The maximum Gasteiger partial charge on any atom is 0.253 e. The van der Waals surface area contributed by atoms with Gasteiger partial charge in [-0.1, -0.05) is 31.4 Å². The van der Waals surface area contributed by atoms with Crippen LogP contribution in [0.15, 0.2) is 60.9 Å². The van der Waals surface area contributed by atoms with E-state index in [1.807, 2.05) is 60.5 Å². The number of methoxy groups -OCH3 is 1. The minimum atomic E-state index is 0.0820. The highest BCUT2D eigenvalue weighted by Crippen LogP contribution is 2.24. The van der Waals surface area contributed by atoms with Crippen LogP contribution in [0.25, 0.3) is 11.1 Å². The van der Waals surface area contributed by atoms with Crippen LogP contribution in [0.3, 0.4) is 0 Å². The van der Waals surface area contributed by atoms with Crippen molar-refractivity contribution < 1.29 is 9.53 Å². The van der Waals surface area contributed by atoms with Crippen LogP contribution in [-0.2, 0) is 0 Å². The molecule has 0 saturated heterocycles. The molecule has 1 amide bonds. The lowest BCUT2D eigenvalue weighted by atomic mass is 9.94. The third-order valence-corrected chi connectivity index (χ3v) is 5.91. The molecule has 160 valence electrons. The lowest BCUT2D eigenvalue weighted by molar-refractivity contribution is 0.0696. The van der Waals surface area contributed by atoms with E-state index in [1.54, 1.807) is 19.5 Å². The predicted molar refractivity (Wildman–Crippen MR) is 123 cm³/mol. The van der Waals surface area contributed by atoms with Gasteiger partial charge in [-0.15, -0.1) is 0 Å². The van der Waals surface area contributed by atoms with Crippen molar-refractivity contribution in [2.24, 2.45) is 0 Å². The number of carbonyl (C=O) groups excluding carboxylic acids is 1. The molecule has 1 saturated carbocycles. The number of benzene rings is 2. The number of nitrogens with one attached hydrogen (secondary N) is 1. The molecule has 3 aromatic rings. The summed E-state index contributed by atoms with van der Waals surface area (Å²) in [5, 5.41) is 3.19. The molecule has 1 heterocycles. The molecule has 6 heteroatoms. The number of aromatic nitrogens is 2. The SMILES string of the molecule is COc1ccc(-c2cnc(Nc3ccc(C(=O)N(C)C4CCCCC4)cc3)nc2)cc1. The Bertz CT molecular complexity index is 995. The van der Waals surface area contributed by atoms with Gasteiger partial charge in [-0.05, 0) is 54.8 Å². The Labute approximate surface area is 183 Å². The lowest BCUT2D eigenvalue weighted by Gasteiger charge is -2.31. The quantitative estimate of drug-likeness (QED) is 0.591. The maximum absolute atomic E-state index is 12.8. The first-order valence-corrected chi connectivity index (χ1v) is 10.7. The third-order valence-electron chi connectivity index (χ3n) is 5.91. The number of carbonyl (C=O) groups is 1. The smallest absolute Gasteiger partial charge is 0.253 e. The number of ether oxygens (including phenoxy) is 1. The number of hydrogen-bond donors (Lipinski definition) is 1. The minimum absolute atomic E-state index is 0.0820. The molecule has 0 spiro atoms. The molecule has 2 aromatic carbocycles. The molecular weight excluding hydrogens is 388 g/mol. The standard InChI is InChI=1S/C25H28N4O2/c1-29(22-6-4-3-5-7-22)24(30)19-8-12-21(13-9-19)28-25-26-16-20(17-27-25)18-10-14-23(31-2)15-11-18/h8-17,22H,3-7H2,1-2H3,(H,26,27,28). The summed E-state index contributed by atoms with van der Waals surface area (Å²) in [6.07, 6.45) is 9.48. The van der Waals surface area contributed by atoms with Crippen molar-refractivity contribution in [3.63, 3.8) is 0 Å². The number of hydrogen-bond acceptors (Lipinski definition) is 5. The zero-order chi connectivity index (χ0) is 21.6. The summed E-state index contributed by atoms with van der Waals surface area (Å²) in [4.78, 5) is 23.5. The highest BCUT2D eigenvalue weighted by atomic mass is 16.5. The van der Waals surface area contributed by atoms with Gasteiger partial charge in [-0.3, -0.25) is 4.79 Å². The average molecular weight is 417 g/mol. The lowest BCUT2D eigenvalue weighted by Crippen LogP contribution is -2.38. The molecular formula is C25H28N4O2. The molecule has 1 N–H and O–H groups in total. The minimum Gasteiger partial charge on any atom is -0.497 e. The zero-order valence-corrected chi connectivity index (χ0v) is 18.0. The van der Waals surface area contributed by atoms with Crippen LogP contribution in [-0.4, -0.2) is 41.0 Å². The molecule has 31 heavy (non-hydrogen) atoms. The Morgan fingerprint density at radius 1 is 0.935 bits per heavy atom. The third kappa shape index (κ3) is 5.02. The molecule has 0 unspecified atom stereocenters. The van der Waals surface area contributed by atoms with E-state index < -0.39 is 0 Å².